The average molecular weight is 368 g/mol. The predicted molar refractivity (Wildman–Crippen MR) is 108 cm³/mol. The van der Waals surface area contributed by atoms with Gasteiger partial charge in [-0.15, -0.1) is 0 Å². The highest BCUT2D eigenvalue weighted by molar-refractivity contribution is 6.59. The topological polar surface area (TPSA) is 58.9 Å². The molecule has 5 heteroatoms. The Labute approximate surface area is 162 Å². The molecule has 2 aromatic rings. The number of methoxy groups -OCH3 is 1. The van der Waals surface area contributed by atoms with Gasteiger partial charge in [-0.2, -0.15) is 0 Å². The second-order valence-electron chi connectivity index (χ2n) is 8.64. The lowest BCUT2D eigenvalue weighted by molar-refractivity contribution is -0.0569. The smallest absolute Gasteiger partial charge is 0.461 e. The molecule has 0 amide bonds. The van der Waals surface area contributed by atoms with Crippen molar-refractivity contribution in [2.45, 2.75) is 57.7 Å². The second kappa shape index (κ2) is 7.31. The minimum absolute atomic E-state index is 0.00276. The number of benzene rings is 2. The van der Waals surface area contributed by atoms with Crippen LogP contribution in [0.25, 0.3) is 0 Å². The normalized spacial score (nSPS) is 18.5. The summed E-state index contributed by atoms with van der Waals surface area (Å²) in [5, 5.41) is 20.0. The summed E-state index contributed by atoms with van der Waals surface area (Å²) in [5.74, 6) is 0.524. The van der Waals surface area contributed by atoms with E-state index in [1.54, 1.807) is 13.2 Å². The molecule has 0 saturated heterocycles. The van der Waals surface area contributed by atoms with Crippen LogP contribution >= 0.6 is 0 Å². The molecule has 2 aromatic carbocycles. The van der Waals surface area contributed by atoms with Gasteiger partial charge in [0.05, 0.1) is 0 Å². The lowest BCUT2D eigenvalue weighted by atomic mass is 9.61. The Bertz CT molecular complexity index is 799. The van der Waals surface area contributed by atoms with Gasteiger partial charge in [0, 0.05) is 23.7 Å². The molecular weight excluding hydrogens is 339 g/mol. The van der Waals surface area contributed by atoms with Crippen molar-refractivity contribution in [3.8, 4) is 5.75 Å². The SMILES string of the molecule is COC(Oc1c(B(O)O)ccc2c1C(C)(C)CCC2(C)C)c1ccccc1. The third-order valence-corrected chi connectivity index (χ3v) is 5.76. The van der Waals surface area contributed by atoms with Crippen LogP contribution in [0.1, 0.15) is 63.5 Å². The van der Waals surface area contributed by atoms with Gasteiger partial charge in [0.1, 0.15) is 5.75 Å². The van der Waals surface area contributed by atoms with Gasteiger partial charge >= 0.3 is 7.12 Å². The van der Waals surface area contributed by atoms with E-state index in [2.05, 4.69) is 27.7 Å². The zero-order chi connectivity index (χ0) is 19.8. The van der Waals surface area contributed by atoms with Crippen molar-refractivity contribution >= 4 is 12.6 Å². The molecule has 0 radical (unpaired) electrons. The van der Waals surface area contributed by atoms with Crippen LogP contribution in [0.5, 0.6) is 5.75 Å². The first-order valence-corrected chi connectivity index (χ1v) is 9.46. The monoisotopic (exact) mass is 368 g/mol. The Kier molecular flexibility index (Phi) is 5.39. The van der Waals surface area contributed by atoms with Gasteiger partial charge in [0.25, 0.3) is 0 Å². The highest BCUT2D eigenvalue weighted by Crippen LogP contribution is 2.49. The summed E-state index contributed by atoms with van der Waals surface area (Å²) in [4.78, 5) is 0. The molecular formula is C22H29BO4. The van der Waals surface area contributed by atoms with Crippen LogP contribution < -0.4 is 10.2 Å². The van der Waals surface area contributed by atoms with Crippen LogP contribution in [-0.2, 0) is 15.6 Å². The molecule has 4 nitrogen and oxygen atoms in total. The number of hydrogen-bond donors (Lipinski definition) is 2. The van der Waals surface area contributed by atoms with E-state index >= 15 is 0 Å². The van der Waals surface area contributed by atoms with Crippen LogP contribution in [0.3, 0.4) is 0 Å². The van der Waals surface area contributed by atoms with Crippen LogP contribution in [0, 0.1) is 0 Å². The van der Waals surface area contributed by atoms with E-state index in [0.29, 0.717) is 11.2 Å². The number of ether oxygens (including phenoxy) is 2. The van der Waals surface area contributed by atoms with Gasteiger partial charge in [-0.25, -0.2) is 0 Å². The Balaban J connectivity index is 2.18. The van der Waals surface area contributed by atoms with Crippen molar-refractivity contribution in [2.24, 2.45) is 0 Å². The third kappa shape index (κ3) is 3.77. The van der Waals surface area contributed by atoms with Gasteiger partial charge < -0.3 is 19.5 Å². The van der Waals surface area contributed by atoms with E-state index in [1.165, 1.54) is 5.56 Å². The third-order valence-electron chi connectivity index (χ3n) is 5.76. The zero-order valence-corrected chi connectivity index (χ0v) is 16.8. The van der Waals surface area contributed by atoms with E-state index in [1.807, 2.05) is 36.4 Å². The minimum atomic E-state index is -1.61. The van der Waals surface area contributed by atoms with Crippen LogP contribution in [0.4, 0.5) is 0 Å². The highest BCUT2D eigenvalue weighted by Gasteiger charge is 2.41. The summed E-state index contributed by atoms with van der Waals surface area (Å²) in [7, 11) is -0.0172. The molecule has 144 valence electrons. The molecule has 0 heterocycles. The molecule has 0 bridgehead atoms. The van der Waals surface area contributed by atoms with E-state index in [4.69, 9.17) is 9.47 Å². The predicted octanol–water partition coefficient (Wildman–Crippen LogP) is 3.44. The fraction of sp³-hybridized carbons (Fsp3) is 0.455. The molecule has 0 saturated carbocycles. The van der Waals surface area contributed by atoms with Crippen molar-refractivity contribution < 1.29 is 19.5 Å². The maximum Gasteiger partial charge on any atom is 0.492 e. The van der Waals surface area contributed by atoms with Gasteiger partial charge in [-0.05, 0) is 29.2 Å². The largest absolute Gasteiger partial charge is 0.492 e. The zero-order valence-electron chi connectivity index (χ0n) is 16.8. The average Bonchev–Trinajstić information content (AvgIpc) is 2.63. The number of hydrogen-bond acceptors (Lipinski definition) is 4. The Morgan fingerprint density at radius 3 is 2.15 bits per heavy atom. The molecule has 0 aliphatic heterocycles. The Hall–Kier alpha value is -1.82. The molecule has 1 unspecified atom stereocenters. The fourth-order valence-corrected chi connectivity index (χ4v) is 4.02. The summed E-state index contributed by atoms with van der Waals surface area (Å²) < 4.78 is 11.9. The maximum absolute atomic E-state index is 10.00. The van der Waals surface area contributed by atoms with E-state index in [9.17, 15) is 10.0 Å². The van der Waals surface area contributed by atoms with Gasteiger partial charge in [-0.1, -0.05) is 70.2 Å². The quantitative estimate of drug-likeness (QED) is 0.627. The Morgan fingerprint density at radius 1 is 0.926 bits per heavy atom. The van der Waals surface area contributed by atoms with Gasteiger partial charge in [-0.3, -0.25) is 0 Å². The number of rotatable bonds is 5. The summed E-state index contributed by atoms with van der Waals surface area (Å²) in [6.45, 7) is 8.83. The van der Waals surface area contributed by atoms with Crippen LogP contribution in [0.15, 0.2) is 42.5 Å². The Morgan fingerprint density at radius 2 is 1.56 bits per heavy atom. The lowest BCUT2D eigenvalue weighted by Crippen LogP contribution is -2.40. The minimum Gasteiger partial charge on any atom is -0.461 e. The summed E-state index contributed by atoms with van der Waals surface area (Å²) in [6.07, 6.45) is 1.44. The molecule has 1 aliphatic rings. The molecule has 3 rings (SSSR count). The first-order chi connectivity index (χ1) is 12.7. The van der Waals surface area contributed by atoms with Crippen molar-refractivity contribution in [2.75, 3.05) is 7.11 Å². The lowest BCUT2D eigenvalue weighted by Gasteiger charge is -2.43. The molecule has 2 N–H and O–H groups in total. The molecule has 0 spiro atoms. The molecule has 0 aromatic heterocycles. The molecule has 0 fully saturated rings. The van der Waals surface area contributed by atoms with E-state index < -0.39 is 13.4 Å². The van der Waals surface area contributed by atoms with Crippen molar-refractivity contribution in [3.63, 3.8) is 0 Å². The highest BCUT2D eigenvalue weighted by atomic mass is 16.7. The van der Waals surface area contributed by atoms with Crippen molar-refractivity contribution in [1.82, 2.24) is 0 Å². The summed E-state index contributed by atoms with van der Waals surface area (Å²) in [6, 6.07) is 13.5. The van der Waals surface area contributed by atoms with Gasteiger partial charge in [0.2, 0.25) is 6.29 Å². The second-order valence-corrected chi connectivity index (χ2v) is 8.64. The first kappa shape index (κ1) is 19.9. The van der Waals surface area contributed by atoms with E-state index in [0.717, 1.165) is 24.0 Å². The van der Waals surface area contributed by atoms with Crippen molar-refractivity contribution in [1.29, 1.82) is 0 Å². The fourth-order valence-electron chi connectivity index (χ4n) is 4.02. The summed E-state index contributed by atoms with van der Waals surface area (Å²) >= 11 is 0. The van der Waals surface area contributed by atoms with Crippen LogP contribution in [-0.4, -0.2) is 24.3 Å². The standard InChI is InChI=1S/C22H29BO4/c1-21(2)13-14-22(3,4)18-16(21)11-12-17(23(24)25)19(18)27-20(26-5)15-9-7-6-8-10-15/h6-12,20,24-25H,13-14H2,1-5H3. The molecule has 27 heavy (non-hydrogen) atoms. The van der Waals surface area contributed by atoms with Gasteiger partial charge in [0.15, 0.2) is 0 Å². The van der Waals surface area contributed by atoms with Crippen LogP contribution in [0.2, 0.25) is 0 Å². The van der Waals surface area contributed by atoms with Crippen molar-refractivity contribution in [3.05, 3.63) is 59.2 Å². The summed E-state index contributed by atoms with van der Waals surface area (Å²) in [5.41, 5.74) is 3.35. The molecule has 1 aliphatic carbocycles. The molecule has 1 atom stereocenters. The maximum atomic E-state index is 10.00. The number of fused-ring (bicyclic) bond motifs is 1. The van der Waals surface area contributed by atoms with E-state index in [-0.39, 0.29) is 10.8 Å². The first-order valence-electron chi connectivity index (χ1n) is 9.46.